The fraction of sp³-hybridized carbons (Fsp3) is 0.727. The molecule has 0 aliphatic rings. The molecule has 0 bridgehead atoms. The molecule has 0 saturated heterocycles. The highest BCUT2D eigenvalue weighted by Crippen LogP contribution is 2.21. The number of nitrogens with one attached hydrogen (secondary N) is 1. The summed E-state index contributed by atoms with van der Waals surface area (Å²) in [5, 5.41) is 8.16. The van der Waals surface area contributed by atoms with Crippen LogP contribution in [0.3, 0.4) is 0 Å². The van der Waals surface area contributed by atoms with Crippen molar-refractivity contribution >= 4 is 11.6 Å². The van der Waals surface area contributed by atoms with Gasteiger partial charge in [0.05, 0.1) is 22.5 Å². The van der Waals surface area contributed by atoms with E-state index < -0.39 is 0 Å². The molecule has 0 amide bonds. The molecule has 1 heterocycles. The lowest BCUT2D eigenvalue weighted by molar-refractivity contribution is -0.121. The molecular weight excluding hydrogens is 242 g/mol. The smallest absolute Gasteiger partial charge is 0.172 e. The van der Waals surface area contributed by atoms with Crippen LogP contribution in [0.1, 0.15) is 11.4 Å². The monoisotopic (exact) mass is 261 g/mol. The Morgan fingerprint density at radius 3 is 2.35 bits per heavy atom. The van der Waals surface area contributed by atoms with E-state index in [0.717, 1.165) is 11.4 Å². The number of nitrogens with zero attached hydrogens (tertiary/aromatic N) is 2. The fourth-order valence-electron chi connectivity index (χ4n) is 1.87. The van der Waals surface area contributed by atoms with E-state index in [-0.39, 0.29) is 12.3 Å². The minimum Gasteiger partial charge on any atom is -0.354 e. The first kappa shape index (κ1) is 14.4. The molecule has 0 aliphatic heterocycles. The highest BCUT2D eigenvalue weighted by Gasteiger charge is 2.23. The number of aryl methyl sites for hydroxylation is 2. The van der Waals surface area contributed by atoms with Crippen LogP contribution in [0.2, 0.25) is 5.02 Å². The van der Waals surface area contributed by atoms with Gasteiger partial charge in [-0.2, -0.15) is 5.10 Å². The minimum absolute atomic E-state index is 0.0253. The van der Waals surface area contributed by atoms with Crippen molar-refractivity contribution in [2.45, 2.75) is 25.7 Å². The molecule has 0 saturated carbocycles. The van der Waals surface area contributed by atoms with Gasteiger partial charge in [0.2, 0.25) is 0 Å². The first-order chi connectivity index (χ1) is 8.04. The van der Waals surface area contributed by atoms with Gasteiger partial charge in [0.25, 0.3) is 0 Å². The Hall–Kier alpha value is -0.620. The fourth-order valence-corrected chi connectivity index (χ4v) is 2.11. The maximum atomic E-state index is 6.21. The number of rotatable bonds is 6. The number of halogens is 1. The number of likely N-dealkylation sites (N-methyl/N-ethyl adjacent to an activating group) is 1. The number of ether oxygens (including phenoxy) is 2. The Morgan fingerprint density at radius 1 is 1.41 bits per heavy atom. The van der Waals surface area contributed by atoms with E-state index in [9.17, 15) is 0 Å². The summed E-state index contributed by atoms with van der Waals surface area (Å²) < 4.78 is 12.3. The highest BCUT2D eigenvalue weighted by molar-refractivity contribution is 6.31. The van der Waals surface area contributed by atoms with E-state index in [2.05, 4.69) is 10.4 Å². The molecule has 0 spiro atoms. The average Bonchev–Trinajstić information content (AvgIpc) is 2.55. The zero-order valence-corrected chi connectivity index (χ0v) is 11.7. The van der Waals surface area contributed by atoms with E-state index in [1.54, 1.807) is 18.9 Å². The second-order valence-electron chi connectivity index (χ2n) is 3.91. The summed E-state index contributed by atoms with van der Waals surface area (Å²) in [5.74, 6) is 0. The van der Waals surface area contributed by atoms with E-state index >= 15 is 0 Å². The van der Waals surface area contributed by atoms with Crippen LogP contribution in [0.5, 0.6) is 0 Å². The molecule has 1 aromatic rings. The summed E-state index contributed by atoms with van der Waals surface area (Å²) in [6.45, 7) is 1.89. The molecule has 0 fully saturated rings. The van der Waals surface area contributed by atoms with Gasteiger partial charge in [-0.3, -0.25) is 4.68 Å². The number of hydrogen-bond donors (Lipinski definition) is 1. The van der Waals surface area contributed by atoms with Crippen molar-refractivity contribution in [2.24, 2.45) is 7.05 Å². The van der Waals surface area contributed by atoms with E-state index in [1.165, 1.54) is 0 Å². The molecule has 17 heavy (non-hydrogen) atoms. The largest absolute Gasteiger partial charge is 0.354 e. The van der Waals surface area contributed by atoms with Gasteiger partial charge in [0, 0.05) is 27.7 Å². The maximum Gasteiger partial charge on any atom is 0.172 e. The third-order valence-electron chi connectivity index (χ3n) is 2.84. The van der Waals surface area contributed by atoms with Gasteiger partial charge in [-0.15, -0.1) is 0 Å². The summed E-state index contributed by atoms with van der Waals surface area (Å²) >= 11 is 6.21. The molecule has 0 aliphatic carbocycles. The first-order valence-electron chi connectivity index (χ1n) is 5.46. The van der Waals surface area contributed by atoms with E-state index in [1.807, 2.05) is 21.0 Å². The van der Waals surface area contributed by atoms with Crippen LogP contribution in [-0.2, 0) is 22.9 Å². The Morgan fingerprint density at radius 2 is 2.00 bits per heavy atom. The molecule has 1 unspecified atom stereocenters. The third-order valence-corrected chi connectivity index (χ3v) is 3.33. The van der Waals surface area contributed by atoms with Crippen LogP contribution in [0.15, 0.2) is 0 Å². The molecule has 1 atom stereocenters. The van der Waals surface area contributed by atoms with Crippen molar-refractivity contribution in [3.63, 3.8) is 0 Å². The summed E-state index contributed by atoms with van der Waals surface area (Å²) in [4.78, 5) is 0. The van der Waals surface area contributed by atoms with Crippen LogP contribution in [0.25, 0.3) is 0 Å². The van der Waals surface area contributed by atoms with Gasteiger partial charge < -0.3 is 14.8 Å². The lowest BCUT2D eigenvalue weighted by Gasteiger charge is -2.24. The molecule has 98 valence electrons. The van der Waals surface area contributed by atoms with Gasteiger partial charge in [0.1, 0.15) is 0 Å². The van der Waals surface area contributed by atoms with Crippen molar-refractivity contribution in [2.75, 3.05) is 21.3 Å². The SMILES string of the molecule is CNC(Cc1c(Cl)c(C)nn1C)C(OC)OC. The molecule has 1 N–H and O–H groups in total. The lowest BCUT2D eigenvalue weighted by Crippen LogP contribution is -2.42. The van der Waals surface area contributed by atoms with Crippen molar-refractivity contribution in [1.29, 1.82) is 0 Å². The Kier molecular flexibility index (Phi) is 5.39. The zero-order chi connectivity index (χ0) is 13.0. The summed E-state index contributed by atoms with van der Waals surface area (Å²) in [5.41, 5.74) is 1.81. The quantitative estimate of drug-likeness (QED) is 0.780. The van der Waals surface area contributed by atoms with E-state index in [4.69, 9.17) is 21.1 Å². The van der Waals surface area contributed by atoms with Crippen molar-refractivity contribution < 1.29 is 9.47 Å². The van der Waals surface area contributed by atoms with Gasteiger partial charge in [-0.1, -0.05) is 11.6 Å². The number of methoxy groups -OCH3 is 2. The first-order valence-corrected chi connectivity index (χ1v) is 5.83. The normalized spacial score (nSPS) is 13.4. The zero-order valence-electron chi connectivity index (χ0n) is 11.0. The van der Waals surface area contributed by atoms with Crippen LogP contribution in [0.4, 0.5) is 0 Å². The third kappa shape index (κ3) is 3.19. The topological polar surface area (TPSA) is 48.3 Å². The molecule has 1 aromatic heterocycles. The second-order valence-corrected chi connectivity index (χ2v) is 4.29. The van der Waals surface area contributed by atoms with Crippen molar-refractivity contribution in [3.05, 3.63) is 16.4 Å². The summed E-state index contributed by atoms with van der Waals surface area (Å²) in [7, 11) is 6.99. The minimum atomic E-state index is -0.314. The number of aromatic nitrogens is 2. The van der Waals surface area contributed by atoms with Crippen LogP contribution in [0, 0.1) is 6.92 Å². The molecule has 0 aromatic carbocycles. The average molecular weight is 262 g/mol. The maximum absolute atomic E-state index is 6.21. The summed E-state index contributed by atoms with van der Waals surface area (Å²) in [6, 6.07) is 0.0253. The molecule has 0 radical (unpaired) electrons. The van der Waals surface area contributed by atoms with Crippen LogP contribution in [-0.4, -0.2) is 43.4 Å². The van der Waals surface area contributed by atoms with Crippen LogP contribution < -0.4 is 5.32 Å². The Bertz CT molecular complexity index is 364. The Balaban J connectivity index is 2.87. The molecular formula is C11H20ClN3O2. The lowest BCUT2D eigenvalue weighted by atomic mass is 10.1. The Labute approximate surface area is 107 Å². The molecule has 1 rings (SSSR count). The molecule has 5 nitrogen and oxygen atoms in total. The summed E-state index contributed by atoms with van der Waals surface area (Å²) in [6.07, 6.45) is 0.380. The predicted molar refractivity (Wildman–Crippen MR) is 67.3 cm³/mol. The highest BCUT2D eigenvalue weighted by atomic mass is 35.5. The number of hydrogen-bond acceptors (Lipinski definition) is 4. The van der Waals surface area contributed by atoms with Crippen LogP contribution >= 0.6 is 11.6 Å². The van der Waals surface area contributed by atoms with E-state index in [0.29, 0.717) is 11.4 Å². The standard InChI is InChI=1S/C11H20ClN3O2/c1-7-10(12)9(15(3)14-7)6-8(13-2)11(16-4)17-5/h8,11,13H,6H2,1-5H3. The predicted octanol–water partition coefficient (Wildman–Crippen LogP) is 1.13. The van der Waals surface area contributed by atoms with Gasteiger partial charge >= 0.3 is 0 Å². The van der Waals surface area contributed by atoms with Gasteiger partial charge in [-0.05, 0) is 14.0 Å². The second kappa shape index (κ2) is 6.35. The van der Waals surface area contributed by atoms with Gasteiger partial charge in [0.15, 0.2) is 6.29 Å². The molecule has 6 heteroatoms. The van der Waals surface area contributed by atoms with Crippen molar-refractivity contribution in [1.82, 2.24) is 15.1 Å². The van der Waals surface area contributed by atoms with Crippen molar-refractivity contribution in [3.8, 4) is 0 Å². The van der Waals surface area contributed by atoms with Gasteiger partial charge in [-0.25, -0.2) is 0 Å².